The molecule has 1 unspecified atom stereocenters. The number of hydrogen-bond acceptors (Lipinski definition) is 2. The van der Waals surface area contributed by atoms with Crippen LogP contribution in [-0.2, 0) is 17.8 Å². The molecule has 0 bridgehead atoms. The van der Waals surface area contributed by atoms with Crippen LogP contribution in [0.5, 0.6) is 0 Å². The molecule has 158 valence electrons. The molecule has 5 nitrogen and oxygen atoms in total. The van der Waals surface area contributed by atoms with Crippen LogP contribution >= 0.6 is 0 Å². The lowest BCUT2D eigenvalue weighted by Crippen LogP contribution is -2.49. The third-order valence-corrected chi connectivity index (χ3v) is 4.13. The Kier molecular flexibility index (Phi) is 6.00. The van der Waals surface area contributed by atoms with Crippen LogP contribution < -0.4 is 10.6 Å². The number of rotatable bonds is 5. The number of halogens is 6. The van der Waals surface area contributed by atoms with Crippen LogP contribution in [0.3, 0.4) is 0 Å². The van der Waals surface area contributed by atoms with E-state index in [-0.39, 0.29) is 16.8 Å². The molecule has 0 aliphatic heterocycles. The largest absolute Gasteiger partial charge is 0.408 e. The fourth-order valence-corrected chi connectivity index (χ4v) is 2.41. The first-order chi connectivity index (χ1) is 13.2. The number of carbonyl (C=O) groups is 2. The summed E-state index contributed by atoms with van der Waals surface area (Å²) in [4.78, 5) is 24.0. The minimum Gasteiger partial charge on any atom is -0.348 e. The highest BCUT2D eigenvalue weighted by Crippen LogP contribution is 2.31. The van der Waals surface area contributed by atoms with Crippen molar-refractivity contribution >= 4 is 17.5 Å². The molecule has 0 radical (unpaired) electrons. The zero-order valence-corrected chi connectivity index (χ0v) is 15.5. The molecule has 2 amide bonds. The number of anilines is 1. The van der Waals surface area contributed by atoms with Crippen LogP contribution in [0.25, 0.3) is 0 Å². The van der Waals surface area contributed by atoms with Gasteiger partial charge in [0.05, 0.1) is 11.3 Å². The Morgan fingerprint density at radius 1 is 1.10 bits per heavy atom. The summed E-state index contributed by atoms with van der Waals surface area (Å²) in [6.45, 7) is 2.00. The first kappa shape index (κ1) is 22.3. The third kappa shape index (κ3) is 4.90. The van der Waals surface area contributed by atoms with Gasteiger partial charge in [0.1, 0.15) is 11.9 Å². The maximum Gasteiger partial charge on any atom is 0.408 e. The number of nitrogens with one attached hydrogen (secondary N) is 2. The van der Waals surface area contributed by atoms with Crippen molar-refractivity contribution in [3.05, 3.63) is 53.1 Å². The van der Waals surface area contributed by atoms with Crippen LogP contribution in [0, 0.1) is 12.7 Å². The van der Waals surface area contributed by atoms with Gasteiger partial charge < -0.3 is 15.2 Å². The number of aromatic nitrogens is 1. The van der Waals surface area contributed by atoms with Gasteiger partial charge in [-0.05, 0) is 43.7 Å². The van der Waals surface area contributed by atoms with Gasteiger partial charge in [0.2, 0.25) is 0 Å². The molecule has 1 aromatic heterocycles. The molecule has 2 aromatic rings. The highest BCUT2D eigenvalue weighted by Gasteiger charge is 2.47. The zero-order valence-electron chi connectivity index (χ0n) is 15.5. The van der Waals surface area contributed by atoms with Crippen LogP contribution in [0.2, 0.25) is 0 Å². The molecule has 1 aromatic carbocycles. The van der Waals surface area contributed by atoms with Crippen LogP contribution in [-0.4, -0.2) is 28.6 Å². The molecular weight excluding hydrogens is 404 g/mol. The second kappa shape index (κ2) is 7.80. The fourth-order valence-electron chi connectivity index (χ4n) is 2.41. The van der Waals surface area contributed by atoms with Crippen LogP contribution in [0.15, 0.2) is 30.5 Å². The lowest BCUT2D eigenvalue weighted by Gasteiger charge is -2.21. The van der Waals surface area contributed by atoms with Crippen LogP contribution in [0.1, 0.15) is 28.5 Å². The average Bonchev–Trinajstić information content (AvgIpc) is 3.00. The lowest BCUT2D eigenvalue weighted by atomic mass is 10.1. The molecule has 11 heteroatoms. The van der Waals surface area contributed by atoms with E-state index in [0.717, 1.165) is 23.9 Å². The molecule has 1 atom stereocenters. The average molecular weight is 421 g/mol. The molecule has 0 aliphatic rings. The predicted molar refractivity (Wildman–Crippen MR) is 92.1 cm³/mol. The summed E-state index contributed by atoms with van der Waals surface area (Å²) in [5.74, 6) is -7.79. The molecular formula is C18H17F6N3O2. The monoisotopic (exact) mass is 421 g/mol. The Morgan fingerprint density at radius 3 is 2.28 bits per heavy atom. The Balaban J connectivity index is 2.22. The van der Waals surface area contributed by atoms with Crippen molar-refractivity contribution in [3.63, 3.8) is 0 Å². The van der Waals surface area contributed by atoms with Gasteiger partial charge >= 0.3 is 12.1 Å². The number of amides is 2. The van der Waals surface area contributed by atoms with Crippen molar-refractivity contribution < 1.29 is 35.9 Å². The summed E-state index contributed by atoms with van der Waals surface area (Å²) >= 11 is 0. The SMILES string of the molecule is Cc1cc(NC(=O)c2cc(C(F)(F)C(=O)NC(C)C(F)(F)F)n(C)c2)ccc1F. The minimum atomic E-state index is -4.89. The van der Waals surface area contributed by atoms with E-state index >= 15 is 0 Å². The Labute approximate surface area is 161 Å². The Morgan fingerprint density at radius 2 is 1.72 bits per heavy atom. The standard InChI is InChI=1S/C18H17F6N3O2/c1-9-6-12(4-5-13(9)19)26-15(28)11-7-14(27(3)8-11)17(20,21)16(29)25-10(2)18(22,23)24/h4-8,10H,1-3H3,(H,25,29)(H,26,28). The predicted octanol–water partition coefficient (Wildman–Crippen LogP) is 3.88. The van der Waals surface area contributed by atoms with E-state index in [1.54, 1.807) is 0 Å². The fraction of sp³-hybridized carbons (Fsp3) is 0.333. The quantitative estimate of drug-likeness (QED) is 0.720. The molecule has 29 heavy (non-hydrogen) atoms. The van der Waals surface area contributed by atoms with Crippen molar-refractivity contribution in [3.8, 4) is 0 Å². The number of alkyl halides is 5. The Hall–Kier alpha value is -2.98. The maximum absolute atomic E-state index is 14.4. The number of carbonyl (C=O) groups excluding carboxylic acids is 2. The number of aryl methyl sites for hydroxylation is 2. The second-order valence-electron chi connectivity index (χ2n) is 6.45. The first-order valence-electron chi connectivity index (χ1n) is 8.23. The van der Waals surface area contributed by atoms with Gasteiger partial charge in [-0.15, -0.1) is 0 Å². The zero-order chi connectivity index (χ0) is 22.1. The summed E-state index contributed by atoms with van der Waals surface area (Å²) in [6.07, 6.45) is -3.90. The first-order valence-corrected chi connectivity index (χ1v) is 8.23. The van der Waals surface area contributed by atoms with Crippen molar-refractivity contribution in [1.82, 2.24) is 9.88 Å². The van der Waals surface area contributed by atoms with Crippen molar-refractivity contribution in [2.24, 2.45) is 7.05 Å². The van der Waals surface area contributed by atoms with Gasteiger partial charge in [-0.2, -0.15) is 22.0 Å². The normalized spacial score (nSPS) is 13.1. The lowest BCUT2D eigenvalue weighted by molar-refractivity contribution is -0.169. The highest BCUT2D eigenvalue weighted by atomic mass is 19.4. The van der Waals surface area contributed by atoms with E-state index in [2.05, 4.69) is 5.32 Å². The van der Waals surface area contributed by atoms with Crippen LogP contribution in [0.4, 0.5) is 32.0 Å². The van der Waals surface area contributed by atoms with Crippen molar-refractivity contribution in [2.45, 2.75) is 32.0 Å². The van der Waals surface area contributed by atoms with E-state index in [1.165, 1.54) is 24.4 Å². The van der Waals surface area contributed by atoms with E-state index in [9.17, 15) is 35.9 Å². The van der Waals surface area contributed by atoms with Gasteiger partial charge in [0.15, 0.2) is 0 Å². The summed E-state index contributed by atoms with van der Waals surface area (Å²) in [5, 5.41) is 3.60. The third-order valence-electron chi connectivity index (χ3n) is 4.13. The topological polar surface area (TPSA) is 63.1 Å². The summed E-state index contributed by atoms with van der Waals surface area (Å²) < 4.78 is 80.3. The summed E-state index contributed by atoms with van der Waals surface area (Å²) in [7, 11) is 1.11. The van der Waals surface area contributed by atoms with E-state index in [4.69, 9.17) is 0 Å². The molecule has 2 rings (SSSR count). The van der Waals surface area contributed by atoms with Gasteiger partial charge in [-0.25, -0.2) is 4.39 Å². The van der Waals surface area contributed by atoms with Gasteiger partial charge in [0, 0.05) is 18.9 Å². The van der Waals surface area contributed by atoms with Gasteiger partial charge in [0.25, 0.3) is 11.8 Å². The minimum absolute atomic E-state index is 0.211. The Bertz CT molecular complexity index is 936. The molecule has 0 saturated carbocycles. The molecule has 0 fully saturated rings. The van der Waals surface area contributed by atoms with Gasteiger partial charge in [-0.1, -0.05) is 0 Å². The summed E-state index contributed by atoms with van der Waals surface area (Å²) in [6, 6.07) is 1.93. The number of nitrogens with zero attached hydrogens (tertiary/aromatic N) is 1. The molecule has 0 saturated heterocycles. The second-order valence-corrected chi connectivity index (χ2v) is 6.45. The molecule has 0 spiro atoms. The molecule has 1 heterocycles. The van der Waals surface area contributed by atoms with Crippen molar-refractivity contribution in [1.29, 1.82) is 0 Å². The van der Waals surface area contributed by atoms with Gasteiger partial charge in [-0.3, -0.25) is 9.59 Å². The molecule has 0 aliphatic carbocycles. The van der Waals surface area contributed by atoms with E-state index < -0.39 is 41.5 Å². The smallest absolute Gasteiger partial charge is 0.348 e. The number of hydrogen-bond donors (Lipinski definition) is 2. The highest BCUT2D eigenvalue weighted by molar-refractivity contribution is 6.04. The summed E-state index contributed by atoms with van der Waals surface area (Å²) in [5.41, 5.74) is -0.771. The van der Waals surface area contributed by atoms with E-state index in [1.807, 2.05) is 0 Å². The molecule has 2 N–H and O–H groups in total. The maximum atomic E-state index is 14.4. The van der Waals surface area contributed by atoms with E-state index in [0.29, 0.717) is 13.0 Å². The number of benzene rings is 1. The van der Waals surface area contributed by atoms with Crippen molar-refractivity contribution in [2.75, 3.05) is 5.32 Å².